The predicted molar refractivity (Wildman–Crippen MR) is 70.7 cm³/mol. The summed E-state index contributed by atoms with van der Waals surface area (Å²) in [6.07, 6.45) is 11.2. The van der Waals surface area contributed by atoms with Crippen LogP contribution in [0.2, 0.25) is 0 Å². The summed E-state index contributed by atoms with van der Waals surface area (Å²) in [5.41, 5.74) is 3.19. The molecule has 0 heteroatoms. The highest BCUT2D eigenvalue weighted by Crippen LogP contribution is 2.29. The molecule has 0 saturated heterocycles. The first-order valence-electron chi connectivity index (χ1n) is 6.97. The second kappa shape index (κ2) is 6.08. The smallest absolute Gasteiger partial charge is 0.0274 e. The summed E-state index contributed by atoms with van der Waals surface area (Å²) in [6, 6.07) is 9.03. The Kier molecular flexibility index (Phi) is 4.44. The van der Waals surface area contributed by atoms with Gasteiger partial charge in [-0.2, -0.15) is 0 Å². The maximum Gasteiger partial charge on any atom is -0.0274 e. The molecule has 0 spiro atoms. The zero-order valence-corrected chi connectivity index (χ0v) is 10.5. The first-order valence-corrected chi connectivity index (χ1v) is 6.97. The zero-order valence-electron chi connectivity index (χ0n) is 10.5. The van der Waals surface area contributed by atoms with Gasteiger partial charge >= 0.3 is 0 Å². The second-order valence-corrected chi connectivity index (χ2v) is 5.21. The topological polar surface area (TPSA) is 0 Å². The van der Waals surface area contributed by atoms with E-state index < -0.39 is 0 Å². The van der Waals surface area contributed by atoms with Crippen molar-refractivity contribution in [3.05, 3.63) is 35.4 Å². The number of aryl methyl sites for hydroxylation is 2. The summed E-state index contributed by atoms with van der Waals surface area (Å²) in [5.74, 6) is 1.02. The molecule has 0 amide bonds. The van der Waals surface area contributed by atoms with Gasteiger partial charge in [-0.3, -0.25) is 0 Å². The Morgan fingerprint density at radius 3 is 2.25 bits per heavy atom. The van der Waals surface area contributed by atoms with Gasteiger partial charge in [-0.25, -0.2) is 0 Å². The normalized spacial score (nSPS) is 16.8. The van der Waals surface area contributed by atoms with Gasteiger partial charge < -0.3 is 0 Å². The summed E-state index contributed by atoms with van der Waals surface area (Å²) in [7, 11) is 0. The van der Waals surface area contributed by atoms with Crippen LogP contribution in [-0.2, 0) is 12.8 Å². The molecule has 0 aromatic heterocycles. The highest BCUT2D eigenvalue weighted by molar-refractivity contribution is 5.27. The van der Waals surface area contributed by atoms with E-state index in [1.165, 1.54) is 51.4 Å². The Hall–Kier alpha value is -0.780. The lowest BCUT2D eigenvalue weighted by Gasteiger charge is -2.12. The minimum absolute atomic E-state index is 1.02. The summed E-state index contributed by atoms with van der Waals surface area (Å²) in [4.78, 5) is 0. The van der Waals surface area contributed by atoms with Crippen LogP contribution in [0.4, 0.5) is 0 Å². The zero-order chi connectivity index (χ0) is 11.2. The van der Waals surface area contributed by atoms with Crippen LogP contribution in [0.1, 0.15) is 56.6 Å². The van der Waals surface area contributed by atoms with Gasteiger partial charge in [0.2, 0.25) is 0 Å². The number of benzene rings is 1. The van der Waals surface area contributed by atoms with Crippen LogP contribution < -0.4 is 0 Å². The van der Waals surface area contributed by atoms with Gasteiger partial charge in [0.15, 0.2) is 0 Å². The Labute approximate surface area is 100 Å². The van der Waals surface area contributed by atoms with Gasteiger partial charge in [-0.1, -0.05) is 63.3 Å². The summed E-state index contributed by atoms with van der Waals surface area (Å²) < 4.78 is 0. The van der Waals surface area contributed by atoms with Crippen molar-refractivity contribution in [1.29, 1.82) is 0 Å². The van der Waals surface area contributed by atoms with Crippen LogP contribution in [0, 0.1) is 5.92 Å². The molecule has 1 saturated carbocycles. The molecule has 88 valence electrons. The largest absolute Gasteiger partial charge is 0.0651 e. The lowest BCUT2D eigenvalue weighted by molar-refractivity contribution is 0.503. The van der Waals surface area contributed by atoms with Gasteiger partial charge in [0.25, 0.3) is 0 Å². The molecule has 0 atom stereocenters. The quantitative estimate of drug-likeness (QED) is 0.665. The van der Waals surface area contributed by atoms with Crippen LogP contribution in [0.25, 0.3) is 0 Å². The first-order chi connectivity index (χ1) is 7.90. The Balaban J connectivity index is 1.91. The van der Waals surface area contributed by atoms with Crippen molar-refractivity contribution in [3.8, 4) is 0 Å². The highest BCUT2D eigenvalue weighted by Gasteiger charge is 2.14. The van der Waals surface area contributed by atoms with E-state index in [1.807, 2.05) is 0 Å². The molecule has 0 N–H and O–H groups in total. The number of hydrogen-bond acceptors (Lipinski definition) is 0. The van der Waals surface area contributed by atoms with Crippen LogP contribution in [0.3, 0.4) is 0 Å². The minimum atomic E-state index is 1.02. The molecule has 0 aliphatic heterocycles. The van der Waals surface area contributed by atoms with Crippen molar-refractivity contribution in [3.63, 3.8) is 0 Å². The van der Waals surface area contributed by atoms with E-state index in [0.29, 0.717) is 0 Å². The number of hydrogen-bond donors (Lipinski definition) is 0. The monoisotopic (exact) mass is 216 g/mol. The predicted octanol–water partition coefficient (Wildman–Crippen LogP) is 4.76. The van der Waals surface area contributed by atoms with E-state index in [4.69, 9.17) is 0 Å². The molecule has 1 aromatic carbocycles. The van der Waals surface area contributed by atoms with Gasteiger partial charge in [0, 0.05) is 0 Å². The van der Waals surface area contributed by atoms with Gasteiger partial charge in [-0.05, 0) is 36.3 Å². The third-order valence-corrected chi connectivity index (χ3v) is 3.93. The standard InChI is InChI=1S/C16H24/c1-2-7-15-10-5-6-11-16(15)13-12-14-8-3-4-9-14/h5-6,10-11,14H,2-4,7-9,12-13H2,1H3. The molecule has 1 aliphatic carbocycles. The first kappa shape index (κ1) is 11.7. The van der Waals surface area contributed by atoms with Crippen molar-refractivity contribution in [2.75, 3.05) is 0 Å². The van der Waals surface area contributed by atoms with Crippen molar-refractivity contribution in [1.82, 2.24) is 0 Å². The van der Waals surface area contributed by atoms with Crippen LogP contribution in [0.5, 0.6) is 0 Å². The van der Waals surface area contributed by atoms with E-state index in [1.54, 1.807) is 11.1 Å². The summed E-state index contributed by atoms with van der Waals surface area (Å²) in [6.45, 7) is 2.27. The fourth-order valence-corrected chi connectivity index (χ4v) is 2.97. The SMILES string of the molecule is CCCc1ccccc1CCC1CCCC1. The molecule has 0 heterocycles. The third-order valence-electron chi connectivity index (χ3n) is 3.93. The Morgan fingerprint density at radius 1 is 1.00 bits per heavy atom. The average Bonchev–Trinajstić information content (AvgIpc) is 2.81. The van der Waals surface area contributed by atoms with Crippen LogP contribution in [0.15, 0.2) is 24.3 Å². The van der Waals surface area contributed by atoms with Gasteiger partial charge in [-0.15, -0.1) is 0 Å². The fraction of sp³-hybridized carbons (Fsp3) is 0.625. The van der Waals surface area contributed by atoms with E-state index in [-0.39, 0.29) is 0 Å². The molecule has 0 bridgehead atoms. The third kappa shape index (κ3) is 3.10. The maximum atomic E-state index is 2.33. The van der Waals surface area contributed by atoms with Gasteiger partial charge in [0.1, 0.15) is 0 Å². The molecule has 1 aliphatic rings. The molecule has 0 unspecified atom stereocenters. The molecular formula is C16H24. The number of rotatable bonds is 5. The average molecular weight is 216 g/mol. The fourth-order valence-electron chi connectivity index (χ4n) is 2.97. The van der Waals surface area contributed by atoms with Crippen molar-refractivity contribution in [2.45, 2.75) is 58.3 Å². The molecule has 0 radical (unpaired) electrons. The lowest BCUT2D eigenvalue weighted by atomic mass is 9.94. The molecule has 16 heavy (non-hydrogen) atoms. The van der Waals surface area contributed by atoms with E-state index >= 15 is 0 Å². The molecule has 1 aromatic rings. The van der Waals surface area contributed by atoms with Crippen molar-refractivity contribution in [2.24, 2.45) is 5.92 Å². The second-order valence-electron chi connectivity index (χ2n) is 5.21. The summed E-state index contributed by atoms with van der Waals surface area (Å²) in [5, 5.41) is 0. The van der Waals surface area contributed by atoms with Crippen LogP contribution >= 0.6 is 0 Å². The minimum Gasteiger partial charge on any atom is -0.0651 e. The van der Waals surface area contributed by atoms with Crippen molar-refractivity contribution < 1.29 is 0 Å². The van der Waals surface area contributed by atoms with Gasteiger partial charge in [0.05, 0.1) is 0 Å². The molecule has 1 fully saturated rings. The maximum absolute atomic E-state index is 2.33. The van der Waals surface area contributed by atoms with E-state index in [0.717, 1.165) is 5.92 Å². The van der Waals surface area contributed by atoms with Crippen LogP contribution in [-0.4, -0.2) is 0 Å². The van der Waals surface area contributed by atoms with Crippen molar-refractivity contribution >= 4 is 0 Å². The molecule has 0 nitrogen and oxygen atoms in total. The lowest BCUT2D eigenvalue weighted by Crippen LogP contribution is -1.99. The Morgan fingerprint density at radius 2 is 1.62 bits per heavy atom. The van der Waals surface area contributed by atoms with E-state index in [2.05, 4.69) is 31.2 Å². The highest BCUT2D eigenvalue weighted by atomic mass is 14.2. The Bertz CT molecular complexity index is 308. The van der Waals surface area contributed by atoms with E-state index in [9.17, 15) is 0 Å². The summed E-state index contributed by atoms with van der Waals surface area (Å²) >= 11 is 0. The molecule has 2 rings (SSSR count). The molecular weight excluding hydrogens is 192 g/mol.